The summed E-state index contributed by atoms with van der Waals surface area (Å²) in [5.41, 5.74) is 2.27. The first-order chi connectivity index (χ1) is 8.69. The molecule has 18 heavy (non-hydrogen) atoms. The largest absolute Gasteiger partial charge is 0.377 e. The molecule has 0 spiro atoms. The van der Waals surface area contributed by atoms with Crippen LogP contribution in [0.5, 0.6) is 0 Å². The van der Waals surface area contributed by atoms with Crippen LogP contribution >= 0.6 is 27.5 Å². The van der Waals surface area contributed by atoms with Gasteiger partial charge in [0.25, 0.3) is 0 Å². The normalized spacial score (nSPS) is 23.7. The quantitative estimate of drug-likeness (QED) is 0.790. The summed E-state index contributed by atoms with van der Waals surface area (Å²) in [5.74, 6) is 0.516. The van der Waals surface area contributed by atoms with E-state index in [1.807, 2.05) is 6.07 Å². The molecule has 2 atom stereocenters. The molecular weight excluding hydrogens is 318 g/mol. The van der Waals surface area contributed by atoms with E-state index in [9.17, 15) is 0 Å². The predicted molar refractivity (Wildman–Crippen MR) is 77.5 cm³/mol. The van der Waals surface area contributed by atoms with Crippen molar-refractivity contribution in [1.29, 1.82) is 0 Å². The number of rotatable bonds is 4. The molecule has 0 bridgehead atoms. The lowest BCUT2D eigenvalue weighted by Gasteiger charge is -2.19. The molecule has 1 aliphatic rings. The Bertz CT molecular complexity index is 404. The number of hydrogen-bond donors (Lipinski definition) is 0. The summed E-state index contributed by atoms with van der Waals surface area (Å²) in [6.45, 7) is 1.70. The average molecular weight is 335 g/mol. The summed E-state index contributed by atoms with van der Waals surface area (Å²) >= 11 is 9.40. The number of alkyl halides is 1. The molecule has 100 valence electrons. The van der Waals surface area contributed by atoms with E-state index in [2.05, 4.69) is 33.0 Å². The van der Waals surface area contributed by atoms with E-state index in [4.69, 9.17) is 21.1 Å². The molecule has 1 aliphatic heterocycles. The molecule has 0 aliphatic carbocycles. The number of methoxy groups -OCH3 is 2. The van der Waals surface area contributed by atoms with E-state index < -0.39 is 0 Å². The molecule has 0 saturated carbocycles. The average Bonchev–Trinajstić information content (AvgIpc) is 2.81. The van der Waals surface area contributed by atoms with E-state index in [1.54, 1.807) is 14.2 Å². The number of ether oxygens (including phenoxy) is 2. The topological polar surface area (TPSA) is 21.7 Å². The third-order valence-corrected chi connectivity index (χ3v) is 4.39. The molecule has 1 saturated heterocycles. The van der Waals surface area contributed by atoms with Crippen LogP contribution in [-0.2, 0) is 15.4 Å². The minimum Gasteiger partial charge on any atom is -0.377 e. The zero-order valence-corrected chi connectivity index (χ0v) is 12.9. The minimum absolute atomic E-state index is 0.126. The fraction of sp³-hybridized carbons (Fsp3) is 0.538. The summed E-state index contributed by atoms with van der Waals surface area (Å²) in [5, 5.41) is 0. The van der Waals surface area contributed by atoms with Crippen LogP contribution in [0, 0.1) is 0 Å². The summed E-state index contributed by atoms with van der Waals surface area (Å²) in [7, 11) is 3.46. The van der Waals surface area contributed by atoms with Gasteiger partial charge in [0.2, 0.25) is 0 Å². The van der Waals surface area contributed by atoms with Crippen molar-refractivity contribution in [3.63, 3.8) is 0 Å². The first-order valence-corrected chi connectivity index (χ1v) is 7.17. The van der Waals surface area contributed by atoms with Gasteiger partial charge >= 0.3 is 0 Å². The Kier molecular flexibility index (Phi) is 4.90. The second-order valence-electron chi connectivity index (χ2n) is 4.36. The highest BCUT2D eigenvalue weighted by molar-refractivity contribution is 9.10. The summed E-state index contributed by atoms with van der Waals surface area (Å²) in [6, 6.07) is 6.24. The molecule has 1 aromatic rings. The Labute approximate surface area is 121 Å². The van der Waals surface area contributed by atoms with Crippen molar-refractivity contribution in [3.05, 3.63) is 28.2 Å². The van der Waals surface area contributed by atoms with Crippen molar-refractivity contribution >= 4 is 33.2 Å². The van der Waals surface area contributed by atoms with Crippen LogP contribution in [0.3, 0.4) is 0 Å². The molecule has 0 N–H and O–H groups in total. The molecule has 0 radical (unpaired) electrons. The fourth-order valence-corrected chi connectivity index (χ4v) is 3.15. The Morgan fingerprint density at radius 2 is 1.89 bits per heavy atom. The van der Waals surface area contributed by atoms with Crippen LogP contribution in [0.1, 0.15) is 5.56 Å². The number of halogens is 2. The van der Waals surface area contributed by atoms with Crippen molar-refractivity contribution < 1.29 is 9.47 Å². The van der Waals surface area contributed by atoms with E-state index in [0.29, 0.717) is 5.88 Å². The van der Waals surface area contributed by atoms with Gasteiger partial charge in [0.05, 0.1) is 0 Å². The molecule has 2 rings (SSSR count). The maximum atomic E-state index is 5.85. The second kappa shape index (κ2) is 6.24. The van der Waals surface area contributed by atoms with E-state index in [1.165, 1.54) is 0 Å². The highest BCUT2D eigenvalue weighted by Gasteiger charge is 2.33. The number of nitrogens with zero attached hydrogens (tertiary/aromatic N) is 1. The highest BCUT2D eigenvalue weighted by Crippen LogP contribution is 2.28. The fourth-order valence-electron chi connectivity index (χ4n) is 2.25. The Morgan fingerprint density at radius 1 is 1.28 bits per heavy atom. The molecule has 1 heterocycles. The lowest BCUT2D eigenvalue weighted by Crippen LogP contribution is -2.27. The van der Waals surface area contributed by atoms with Crippen molar-refractivity contribution in [2.45, 2.75) is 18.1 Å². The lowest BCUT2D eigenvalue weighted by molar-refractivity contribution is -0.00461. The lowest BCUT2D eigenvalue weighted by atomic mass is 10.2. The van der Waals surface area contributed by atoms with Crippen molar-refractivity contribution in [2.24, 2.45) is 0 Å². The minimum atomic E-state index is 0.126. The molecule has 2 unspecified atom stereocenters. The molecule has 5 heteroatoms. The van der Waals surface area contributed by atoms with Gasteiger partial charge in [-0.2, -0.15) is 0 Å². The summed E-state index contributed by atoms with van der Waals surface area (Å²) in [6.07, 6.45) is 0.253. The van der Waals surface area contributed by atoms with Gasteiger partial charge in [0.1, 0.15) is 12.2 Å². The van der Waals surface area contributed by atoms with Gasteiger partial charge in [-0.05, 0) is 17.7 Å². The molecule has 0 aromatic heterocycles. The monoisotopic (exact) mass is 333 g/mol. The smallest absolute Gasteiger partial charge is 0.102 e. The van der Waals surface area contributed by atoms with Crippen molar-refractivity contribution in [2.75, 3.05) is 32.2 Å². The first kappa shape index (κ1) is 14.1. The van der Waals surface area contributed by atoms with Crippen LogP contribution in [0.15, 0.2) is 22.7 Å². The summed E-state index contributed by atoms with van der Waals surface area (Å²) in [4.78, 5) is 2.27. The molecule has 1 aromatic carbocycles. The maximum absolute atomic E-state index is 5.85. The van der Waals surface area contributed by atoms with Gasteiger partial charge in [0.15, 0.2) is 0 Å². The number of hydrogen-bond acceptors (Lipinski definition) is 3. The number of benzene rings is 1. The molecular formula is C13H17BrClNO2. The third kappa shape index (κ3) is 2.82. The SMILES string of the molecule is COC1CN(c2ccc(CCl)c(Br)c2)CC1OC. The van der Waals surface area contributed by atoms with Crippen molar-refractivity contribution in [3.8, 4) is 0 Å². The second-order valence-corrected chi connectivity index (χ2v) is 5.48. The third-order valence-electron chi connectivity index (χ3n) is 3.37. The van der Waals surface area contributed by atoms with Gasteiger partial charge in [-0.25, -0.2) is 0 Å². The zero-order chi connectivity index (χ0) is 13.1. The Balaban J connectivity index is 2.15. The standard InChI is InChI=1S/C13H17BrClNO2/c1-17-12-7-16(8-13(12)18-2)10-4-3-9(6-15)11(14)5-10/h3-5,12-13H,6-8H2,1-2H3. The van der Waals surface area contributed by atoms with Crippen LogP contribution in [-0.4, -0.2) is 39.5 Å². The van der Waals surface area contributed by atoms with Crippen LogP contribution < -0.4 is 4.90 Å². The predicted octanol–water partition coefficient (Wildman–Crippen LogP) is 3.04. The first-order valence-electron chi connectivity index (χ1n) is 5.84. The van der Waals surface area contributed by atoms with Gasteiger partial charge in [-0.3, -0.25) is 0 Å². The molecule has 3 nitrogen and oxygen atoms in total. The number of anilines is 1. The van der Waals surface area contributed by atoms with E-state index in [0.717, 1.165) is 28.8 Å². The maximum Gasteiger partial charge on any atom is 0.102 e. The van der Waals surface area contributed by atoms with Gasteiger partial charge < -0.3 is 14.4 Å². The Morgan fingerprint density at radius 3 is 2.33 bits per heavy atom. The Hall–Kier alpha value is -0.290. The van der Waals surface area contributed by atoms with Crippen LogP contribution in [0.4, 0.5) is 5.69 Å². The summed E-state index contributed by atoms with van der Waals surface area (Å²) < 4.78 is 11.9. The van der Waals surface area contributed by atoms with Gasteiger partial charge in [-0.15, -0.1) is 11.6 Å². The zero-order valence-electron chi connectivity index (χ0n) is 10.5. The van der Waals surface area contributed by atoms with Crippen LogP contribution in [0.2, 0.25) is 0 Å². The highest BCUT2D eigenvalue weighted by atomic mass is 79.9. The molecule has 0 amide bonds. The van der Waals surface area contributed by atoms with Gasteiger partial charge in [0, 0.05) is 43.3 Å². The van der Waals surface area contributed by atoms with E-state index >= 15 is 0 Å². The van der Waals surface area contributed by atoms with Crippen LogP contribution in [0.25, 0.3) is 0 Å². The van der Waals surface area contributed by atoms with Crippen molar-refractivity contribution in [1.82, 2.24) is 0 Å². The molecule has 1 fully saturated rings. The van der Waals surface area contributed by atoms with E-state index in [-0.39, 0.29) is 12.2 Å². The van der Waals surface area contributed by atoms with Gasteiger partial charge in [-0.1, -0.05) is 22.0 Å².